The van der Waals surface area contributed by atoms with Crippen molar-refractivity contribution in [2.24, 2.45) is 11.7 Å². The largest absolute Gasteiger partial charge is 0.511 e. The molecule has 12 nitrogen and oxygen atoms in total. The fourth-order valence-electron chi connectivity index (χ4n) is 6.18. The summed E-state index contributed by atoms with van der Waals surface area (Å²) in [7, 11) is 0. The van der Waals surface area contributed by atoms with Crippen molar-refractivity contribution >= 4 is 51.5 Å². The molecule has 1 saturated heterocycles. The Morgan fingerprint density at radius 3 is 2.41 bits per heavy atom. The molecular weight excluding hydrogens is 624 g/mol. The highest BCUT2D eigenvalue weighted by Gasteiger charge is 2.29. The second-order valence-corrected chi connectivity index (χ2v) is 12.5. The van der Waals surface area contributed by atoms with E-state index in [-0.39, 0.29) is 35.9 Å². The number of nitrogens with one attached hydrogen (secondary N) is 2. The zero-order chi connectivity index (χ0) is 34.7. The van der Waals surface area contributed by atoms with E-state index in [1.165, 1.54) is 6.07 Å². The van der Waals surface area contributed by atoms with Crippen LogP contribution in [0.1, 0.15) is 55.1 Å². The first kappa shape index (κ1) is 33.0. The minimum absolute atomic E-state index is 0.0116. The fourth-order valence-corrected chi connectivity index (χ4v) is 6.18. The first-order valence-electron chi connectivity index (χ1n) is 16.1. The number of imidazole rings is 1. The summed E-state index contributed by atoms with van der Waals surface area (Å²) in [4.78, 5) is 44.2. The van der Waals surface area contributed by atoms with Gasteiger partial charge in [0.1, 0.15) is 23.8 Å². The molecule has 6 rings (SSSR count). The molecule has 1 aliphatic rings. The van der Waals surface area contributed by atoms with Gasteiger partial charge in [0.05, 0.1) is 5.52 Å². The number of likely N-dealkylation sites (tertiary alicyclic amines) is 1. The van der Waals surface area contributed by atoms with Crippen LogP contribution in [0.2, 0.25) is 0 Å². The van der Waals surface area contributed by atoms with E-state index in [1.807, 2.05) is 85.1 Å². The summed E-state index contributed by atoms with van der Waals surface area (Å²) in [6.07, 6.45) is -0.998. The number of amides is 2. The van der Waals surface area contributed by atoms with Gasteiger partial charge in [0.25, 0.3) is 0 Å². The Balaban J connectivity index is 1.23. The smallest absolute Gasteiger partial charge is 0.449 e. The normalized spacial score (nSPS) is 13.5. The van der Waals surface area contributed by atoms with Gasteiger partial charge in [-0.05, 0) is 52.9 Å². The lowest BCUT2D eigenvalue weighted by Gasteiger charge is -2.30. The van der Waals surface area contributed by atoms with E-state index in [0.717, 1.165) is 27.7 Å². The first-order valence-corrected chi connectivity index (χ1v) is 16.1. The number of amidine groups is 1. The topological polar surface area (TPSA) is 173 Å². The van der Waals surface area contributed by atoms with Crippen LogP contribution in [0.3, 0.4) is 0 Å². The highest BCUT2D eigenvalue weighted by atomic mass is 16.7. The van der Waals surface area contributed by atoms with Crippen molar-refractivity contribution in [1.29, 1.82) is 5.41 Å². The van der Waals surface area contributed by atoms with Crippen LogP contribution in [0.15, 0.2) is 78.9 Å². The molecule has 1 aromatic heterocycles. The zero-order valence-corrected chi connectivity index (χ0v) is 27.3. The molecule has 12 heteroatoms. The maximum atomic E-state index is 13.5. The molecule has 252 valence electrons. The zero-order valence-electron chi connectivity index (χ0n) is 27.3. The number of hydrogen-bond donors (Lipinski definition) is 4. The number of nitrogens with zero attached hydrogens (tertiary/aromatic N) is 3. The SMILES string of the molecule is CC(C)c1nc2c(OC(=O)O)cc(NC(=O)C3CCN(C(=O)OCc4ccccc4)CC3)cc2n1Cc1ccc2ccc(C(=N)N)cc2c1. The van der Waals surface area contributed by atoms with Crippen LogP contribution in [0.4, 0.5) is 15.3 Å². The lowest BCUT2D eigenvalue weighted by molar-refractivity contribution is -0.121. The maximum absolute atomic E-state index is 13.5. The molecular formula is C37H38N6O6. The quantitative estimate of drug-likeness (QED) is 0.0585. The van der Waals surface area contributed by atoms with Crippen LogP contribution >= 0.6 is 0 Å². The fraction of sp³-hybridized carbons (Fsp3) is 0.270. The second kappa shape index (κ2) is 14.1. The number of carbonyl (C=O) groups is 3. The number of benzene rings is 4. The lowest BCUT2D eigenvalue weighted by Crippen LogP contribution is -2.41. The van der Waals surface area contributed by atoms with Crippen LogP contribution in [-0.4, -0.2) is 56.6 Å². The van der Waals surface area contributed by atoms with Gasteiger partial charge in [-0.25, -0.2) is 14.6 Å². The maximum Gasteiger partial charge on any atom is 0.511 e. The Morgan fingerprint density at radius 1 is 0.980 bits per heavy atom. The molecule has 2 amide bonds. The number of ether oxygens (including phenoxy) is 2. The lowest BCUT2D eigenvalue weighted by atomic mass is 9.96. The van der Waals surface area contributed by atoms with Crippen molar-refractivity contribution in [1.82, 2.24) is 14.5 Å². The Labute approximate surface area is 282 Å². The molecule has 0 atom stereocenters. The highest BCUT2D eigenvalue weighted by molar-refractivity contribution is 5.99. The van der Waals surface area contributed by atoms with E-state index in [0.29, 0.717) is 54.8 Å². The Bertz CT molecular complexity index is 2050. The van der Waals surface area contributed by atoms with E-state index in [4.69, 9.17) is 25.6 Å². The van der Waals surface area contributed by atoms with Gasteiger partial charge < -0.3 is 35.1 Å². The summed E-state index contributed by atoms with van der Waals surface area (Å²) in [6.45, 7) is 5.35. The van der Waals surface area contributed by atoms with E-state index >= 15 is 0 Å². The molecule has 0 aliphatic carbocycles. The van der Waals surface area contributed by atoms with E-state index in [9.17, 15) is 19.5 Å². The van der Waals surface area contributed by atoms with Crippen LogP contribution in [0.25, 0.3) is 21.8 Å². The van der Waals surface area contributed by atoms with Gasteiger partial charge in [0.15, 0.2) is 5.75 Å². The third-order valence-corrected chi connectivity index (χ3v) is 8.72. The van der Waals surface area contributed by atoms with Gasteiger partial charge in [0, 0.05) is 48.8 Å². The molecule has 2 heterocycles. The monoisotopic (exact) mass is 662 g/mol. The number of hydrogen-bond acceptors (Lipinski definition) is 7. The van der Waals surface area contributed by atoms with Crippen molar-refractivity contribution < 1.29 is 29.0 Å². The predicted octanol–water partition coefficient (Wildman–Crippen LogP) is 6.69. The van der Waals surface area contributed by atoms with Crippen molar-refractivity contribution in [3.8, 4) is 5.75 Å². The minimum Gasteiger partial charge on any atom is -0.449 e. The number of nitrogens with two attached hydrogens (primary N) is 1. The third-order valence-electron chi connectivity index (χ3n) is 8.72. The van der Waals surface area contributed by atoms with Gasteiger partial charge in [-0.3, -0.25) is 10.2 Å². The van der Waals surface area contributed by atoms with Crippen LogP contribution in [0.5, 0.6) is 5.75 Å². The summed E-state index contributed by atoms with van der Waals surface area (Å²) in [6, 6.07) is 24.4. The van der Waals surface area contributed by atoms with Gasteiger partial charge in [-0.2, -0.15) is 0 Å². The average molecular weight is 663 g/mol. The van der Waals surface area contributed by atoms with Crippen molar-refractivity contribution in [3.63, 3.8) is 0 Å². The van der Waals surface area contributed by atoms with Crippen molar-refractivity contribution in [2.45, 2.75) is 45.8 Å². The Morgan fingerprint density at radius 2 is 1.71 bits per heavy atom. The number of rotatable bonds is 9. The van der Waals surface area contributed by atoms with Gasteiger partial charge in [-0.15, -0.1) is 0 Å². The second-order valence-electron chi connectivity index (χ2n) is 12.5. The van der Waals surface area contributed by atoms with E-state index in [2.05, 4.69) is 5.32 Å². The summed E-state index contributed by atoms with van der Waals surface area (Å²) < 4.78 is 12.6. The van der Waals surface area contributed by atoms with Crippen LogP contribution < -0.4 is 15.8 Å². The molecule has 0 saturated carbocycles. The molecule has 1 fully saturated rings. The van der Waals surface area contributed by atoms with Gasteiger partial charge >= 0.3 is 12.2 Å². The van der Waals surface area contributed by atoms with Gasteiger partial charge in [0.2, 0.25) is 5.91 Å². The minimum atomic E-state index is -1.49. The number of carbonyl (C=O) groups excluding carboxylic acids is 2. The number of nitrogen functional groups attached to an aromatic ring is 1. The molecule has 0 unspecified atom stereocenters. The summed E-state index contributed by atoms with van der Waals surface area (Å²) in [5.74, 6) is 0.120. The van der Waals surface area contributed by atoms with E-state index < -0.39 is 12.2 Å². The standard InChI is InChI=1S/C37H38N6O6/c1-22(2)34-41-32-30(43(34)20-24-8-9-25-10-11-27(33(38)39)17-28(25)16-24)18-29(19-31(32)49-37(46)47)40-35(44)26-12-14-42(15-13-26)36(45)48-21-23-6-4-3-5-7-23/h3-11,16-19,22,26H,12-15,20-21H2,1-2H3,(H3,38,39)(H,40,44)(H,46,47). The summed E-state index contributed by atoms with van der Waals surface area (Å²) in [5, 5.41) is 22.3. The summed E-state index contributed by atoms with van der Waals surface area (Å²) >= 11 is 0. The van der Waals surface area contributed by atoms with Crippen molar-refractivity contribution in [3.05, 3.63) is 101 Å². The number of carboxylic acid groups (broad SMARTS) is 1. The van der Waals surface area contributed by atoms with Crippen molar-refractivity contribution in [2.75, 3.05) is 18.4 Å². The molecule has 0 radical (unpaired) electrons. The summed E-state index contributed by atoms with van der Waals surface area (Å²) in [5.41, 5.74) is 9.56. The molecule has 5 aromatic rings. The average Bonchev–Trinajstić information content (AvgIpc) is 3.45. The van der Waals surface area contributed by atoms with Crippen LogP contribution in [0, 0.1) is 11.3 Å². The molecule has 5 N–H and O–H groups in total. The molecule has 0 spiro atoms. The van der Waals surface area contributed by atoms with Crippen LogP contribution in [-0.2, 0) is 22.7 Å². The van der Waals surface area contributed by atoms with E-state index in [1.54, 1.807) is 11.0 Å². The van der Waals surface area contributed by atoms with Gasteiger partial charge in [-0.1, -0.05) is 68.4 Å². The number of piperidine rings is 1. The molecule has 0 bridgehead atoms. The number of aromatic nitrogens is 2. The molecule has 4 aromatic carbocycles. The molecule has 49 heavy (non-hydrogen) atoms. The number of fused-ring (bicyclic) bond motifs is 2. The molecule has 1 aliphatic heterocycles. The Hall–Kier alpha value is -5.91. The predicted molar refractivity (Wildman–Crippen MR) is 186 cm³/mol. The Kier molecular flexibility index (Phi) is 9.47. The number of anilines is 1. The highest BCUT2D eigenvalue weighted by Crippen LogP contribution is 2.34. The third kappa shape index (κ3) is 7.48. The first-order chi connectivity index (χ1) is 23.5.